The standard InChI is InChI=1S/C14H18N4O2/c1-19-13-16-12(17-14(18-13)20-2)15-10-6-9-11-7-4-3-5-8-11/h3-5,7-8H,6,9-10H2,1-2H3,(H,15,16,17,18). The van der Waals surface area contributed by atoms with Gasteiger partial charge >= 0.3 is 12.0 Å². The second-order valence-corrected chi connectivity index (χ2v) is 4.15. The first-order valence-electron chi connectivity index (χ1n) is 6.43. The zero-order valence-electron chi connectivity index (χ0n) is 11.7. The maximum atomic E-state index is 4.99. The number of nitrogens with zero attached hydrogens (tertiary/aromatic N) is 3. The van der Waals surface area contributed by atoms with E-state index < -0.39 is 0 Å². The average Bonchev–Trinajstić information content (AvgIpc) is 2.52. The van der Waals surface area contributed by atoms with Gasteiger partial charge in [0.15, 0.2) is 0 Å². The fourth-order valence-electron chi connectivity index (χ4n) is 1.74. The molecule has 2 aromatic rings. The van der Waals surface area contributed by atoms with E-state index in [0.717, 1.165) is 19.4 Å². The number of nitrogens with one attached hydrogen (secondary N) is 1. The quantitative estimate of drug-likeness (QED) is 0.778. The highest BCUT2D eigenvalue weighted by Crippen LogP contribution is 2.12. The first-order valence-corrected chi connectivity index (χ1v) is 6.43. The van der Waals surface area contributed by atoms with Gasteiger partial charge in [-0.05, 0) is 18.4 Å². The third-order valence-corrected chi connectivity index (χ3v) is 2.73. The molecule has 0 spiro atoms. The molecular formula is C14H18N4O2. The first kappa shape index (κ1) is 14.0. The van der Waals surface area contributed by atoms with Gasteiger partial charge < -0.3 is 14.8 Å². The molecule has 0 aliphatic rings. The van der Waals surface area contributed by atoms with Crippen LogP contribution in [0.1, 0.15) is 12.0 Å². The van der Waals surface area contributed by atoms with Crippen molar-refractivity contribution in [3.63, 3.8) is 0 Å². The van der Waals surface area contributed by atoms with Gasteiger partial charge in [0, 0.05) is 6.54 Å². The van der Waals surface area contributed by atoms with Crippen molar-refractivity contribution in [1.82, 2.24) is 15.0 Å². The van der Waals surface area contributed by atoms with Crippen molar-refractivity contribution in [2.45, 2.75) is 12.8 Å². The van der Waals surface area contributed by atoms with Gasteiger partial charge in [0.25, 0.3) is 0 Å². The molecule has 1 aromatic heterocycles. The van der Waals surface area contributed by atoms with Crippen molar-refractivity contribution >= 4 is 5.95 Å². The smallest absolute Gasteiger partial charge is 0.324 e. The van der Waals surface area contributed by atoms with E-state index in [2.05, 4.69) is 32.4 Å². The molecule has 0 aliphatic carbocycles. The molecule has 0 amide bonds. The number of aromatic nitrogens is 3. The number of hydrogen-bond acceptors (Lipinski definition) is 6. The van der Waals surface area contributed by atoms with Gasteiger partial charge in [-0.25, -0.2) is 0 Å². The lowest BCUT2D eigenvalue weighted by atomic mass is 10.1. The van der Waals surface area contributed by atoms with Crippen LogP contribution in [0.5, 0.6) is 12.0 Å². The summed E-state index contributed by atoms with van der Waals surface area (Å²) >= 11 is 0. The summed E-state index contributed by atoms with van der Waals surface area (Å²) in [5.74, 6) is 0.460. The van der Waals surface area contributed by atoms with E-state index in [-0.39, 0.29) is 12.0 Å². The van der Waals surface area contributed by atoms with Crippen molar-refractivity contribution in [1.29, 1.82) is 0 Å². The molecule has 0 saturated carbocycles. The summed E-state index contributed by atoms with van der Waals surface area (Å²) in [6.45, 7) is 0.769. The Morgan fingerprint density at radius 1 is 0.950 bits per heavy atom. The molecule has 0 atom stereocenters. The molecule has 0 saturated heterocycles. The van der Waals surface area contributed by atoms with Gasteiger partial charge in [0.05, 0.1) is 14.2 Å². The topological polar surface area (TPSA) is 69.2 Å². The van der Waals surface area contributed by atoms with E-state index in [9.17, 15) is 0 Å². The van der Waals surface area contributed by atoms with Crippen LogP contribution in [0.15, 0.2) is 30.3 Å². The molecule has 0 aliphatic heterocycles. The summed E-state index contributed by atoms with van der Waals surface area (Å²) in [5, 5.41) is 3.14. The molecule has 1 aromatic carbocycles. The van der Waals surface area contributed by atoms with Crippen LogP contribution in [0.4, 0.5) is 5.95 Å². The summed E-state index contributed by atoms with van der Waals surface area (Å²) < 4.78 is 9.98. The van der Waals surface area contributed by atoms with Gasteiger partial charge in [0.2, 0.25) is 5.95 Å². The lowest BCUT2D eigenvalue weighted by Gasteiger charge is -2.07. The van der Waals surface area contributed by atoms with Crippen molar-refractivity contribution in [3.8, 4) is 12.0 Å². The van der Waals surface area contributed by atoms with Gasteiger partial charge in [0.1, 0.15) is 0 Å². The molecule has 0 bridgehead atoms. The van der Waals surface area contributed by atoms with Crippen molar-refractivity contribution in [2.75, 3.05) is 26.1 Å². The molecule has 1 N–H and O–H groups in total. The Labute approximate surface area is 118 Å². The van der Waals surface area contributed by atoms with E-state index >= 15 is 0 Å². The minimum atomic E-state index is 0.238. The number of methoxy groups -OCH3 is 2. The molecule has 0 fully saturated rings. The second-order valence-electron chi connectivity index (χ2n) is 4.15. The zero-order valence-corrected chi connectivity index (χ0v) is 11.7. The Kier molecular flexibility index (Phi) is 5.11. The fourth-order valence-corrected chi connectivity index (χ4v) is 1.74. The molecule has 2 rings (SSSR count). The van der Waals surface area contributed by atoms with Crippen LogP contribution in [0.25, 0.3) is 0 Å². The van der Waals surface area contributed by atoms with Crippen LogP contribution in [0.3, 0.4) is 0 Å². The monoisotopic (exact) mass is 274 g/mol. The fraction of sp³-hybridized carbons (Fsp3) is 0.357. The van der Waals surface area contributed by atoms with Crippen molar-refractivity contribution in [2.24, 2.45) is 0 Å². The normalized spacial score (nSPS) is 10.1. The molecule has 20 heavy (non-hydrogen) atoms. The van der Waals surface area contributed by atoms with Gasteiger partial charge in [-0.15, -0.1) is 4.98 Å². The highest BCUT2D eigenvalue weighted by atomic mass is 16.5. The lowest BCUT2D eigenvalue weighted by molar-refractivity contribution is 0.341. The number of hydrogen-bond donors (Lipinski definition) is 1. The number of ether oxygens (including phenoxy) is 2. The second kappa shape index (κ2) is 7.28. The molecule has 0 radical (unpaired) electrons. The zero-order chi connectivity index (χ0) is 14.2. The highest BCUT2D eigenvalue weighted by molar-refractivity contribution is 5.27. The van der Waals surface area contributed by atoms with E-state index in [1.165, 1.54) is 19.8 Å². The SMILES string of the molecule is COc1nc(NCCCc2ccccc2)nc(OC)n1. The van der Waals surface area contributed by atoms with Crippen molar-refractivity contribution < 1.29 is 9.47 Å². The van der Waals surface area contributed by atoms with Gasteiger partial charge in [-0.2, -0.15) is 9.97 Å². The first-order chi connectivity index (χ1) is 9.81. The van der Waals surface area contributed by atoms with E-state index in [0.29, 0.717) is 5.95 Å². The van der Waals surface area contributed by atoms with Gasteiger partial charge in [-0.1, -0.05) is 30.3 Å². The Morgan fingerprint density at radius 2 is 1.60 bits per heavy atom. The minimum absolute atomic E-state index is 0.238. The molecule has 6 heteroatoms. The minimum Gasteiger partial charge on any atom is -0.467 e. The summed E-state index contributed by atoms with van der Waals surface area (Å²) in [7, 11) is 3.02. The average molecular weight is 274 g/mol. The van der Waals surface area contributed by atoms with Crippen molar-refractivity contribution in [3.05, 3.63) is 35.9 Å². The number of aryl methyl sites for hydroxylation is 1. The Balaban J connectivity index is 1.84. The van der Waals surface area contributed by atoms with Gasteiger partial charge in [-0.3, -0.25) is 0 Å². The Hall–Kier alpha value is -2.37. The van der Waals surface area contributed by atoms with E-state index in [4.69, 9.17) is 9.47 Å². The van der Waals surface area contributed by atoms with Crippen LogP contribution in [0, 0.1) is 0 Å². The Morgan fingerprint density at radius 3 is 2.20 bits per heavy atom. The number of benzene rings is 1. The molecule has 6 nitrogen and oxygen atoms in total. The van der Waals surface area contributed by atoms with Crippen LogP contribution in [-0.2, 0) is 6.42 Å². The molecule has 106 valence electrons. The molecule has 0 unspecified atom stereocenters. The summed E-state index contributed by atoms with van der Waals surface area (Å²) in [4.78, 5) is 12.2. The van der Waals surface area contributed by atoms with E-state index in [1.54, 1.807) is 0 Å². The number of rotatable bonds is 7. The lowest BCUT2D eigenvalue weighted by Crippen LogP contribution is -2.09. The summed E-state index contributed by atoms with van der Waals surface area (Å²) in [6, 6.07) is 10.8. The maximum absolute atomic E-state index is 4.99. The molecule has 1 heterocycles. The third kappa shape index (κ3) is 4.08. The summed E-state index contributed by atoms with van der Waals surface area (Å²) in [5.41, 5.74) is 1.32. The van der Waals surface area contributed by atoms with E-state index in [1.807, 2.05) is 18.2 Å². The third-order valence-electron chi connectivity index (χ3n) is 2.73. The number of anilines is 1. The van der Waals surface area contributed by atoms with Crippen LogP contribution >= 0.6 is 0 Å². The summed E-state index contributed by atoms with van der Waals surface area (Å²) in [6.07, 6.45) is 1.99. The highest BCUT2D eigenvalue weighted by Gasteiger charge is 2.06. The molecular weight excluding hydrogens is 256 g/mol. The van der Waals surface area contributed by atoms with Crippen LogP contribution < -0.4 is 14.8 Å². The maximum Gasteiger partial charge on any atom is 0.324 e. The van der Waals surface area contributed by atoms with Crippen LogP contribution in [-0.4, -0.2) is 35.7 Å². The van der Waals surface area contributed by atoms with Crippen LogP contribution in [0.2, 0.25) is 0 Å². The predicted octanol–water partition coefficient (Wildman–Crippen LogP) is 1.93. The Bertz CT molecular complexity index is 512. The largest absolute Gasteiger partial charge is 0.467 e. The predicted molar refractivity (Wildman–Crippen MR) is 76.2 cm³/mol.